The van der Waals surface area contributed by atoms with Crippen LogP contribution >= 0.6 is 22.9 Å². The lowest BCUT2D eigenvalue weighted by atomic mass is 10.0. The zero-order valence-corrected chi connectivity index (χ0v) is 17.9. The third-order valence-corrected chi connectivity index (χ3v) is 6.16. The molecule has 0 aliphatic carbocycles. The molecule has 2 N–H and O–H groups in total. The molecule has 0 radical (unpaired) electrons. The van der Waals surface area contributed by atoms with Crippen molar-refractivity contribution in [3.05, 3.63) is 90.2 Å². The van der Waals surface area contributed by atoms with E-state index in [2.05, 4.69) is 4.98 Å². The molecule has 7 nitrogen and oxygen atoms in total. The second-order valence-corrected chi connectivity index (χ2v) is 8.25. The highest BCUT2D eigenvalue weighted by Crippen LogP contribution is 2.27. The fourth-order valence-electron chi connectivity index (χ4n) is 3.27. The number of aromatic nitrogens is 2. The van der Waals surface area contributed by atoms with Gasteiger partial charge in [-0.25, -0.2) is 14.2 Å². The van der Waals surface area contributed by atoms with Crippen LogP contribution in [0.2, 0.25) is 5.02 Å². The monoisotopic (exact) mass is 456 g/mol. The zero-order valence-electron chi connectivity index (χ0n) is 16.3. The average molecular weight is 457 g/mol. The van der Waals surface area contributed by atoms with E-state index in [4.69, 9.17) is 16.3 Å². The van der Waals surface area contributed by atoms with E-state index in [0.29, 0.717) is 12.4 Å². The van der Waals surface area contributed by atoms with Gasteiger partial charge in [0.2, 0.25) is 0 Å². The van der Waals surface area contributed by atoms with E-state index < -0.39 is 17.2 Å². The lowest BCUT2D eigenvalue weighted by molar-refractivity contribution is 0.0704. The molecule has 1 unspecified atom stereocenters. The van der Waals surface area contributed by atoms with Gasteiger partial charge in [0.25, 0.3) is 5.56 Å². The molecule has 4 aromatic rings. The zero-order chi connectivity index (χ0) is 22.1. The number of carboxylic acid groups (broad SMARTS) is 1. The number of fused-ring (bicyclic) bond motifs is 1. The average Bonchev–Trinajstić information content (AvgIpc) is 3.18. The third-order valence-electron chi connectivity index (χ3n) is 4.87. The Morgan fingerprint density at radius 2 is 1.97 bits per heavy atom. The molecule has 0 aliphatic rings. The van der Waals surface area contributed by atoms with Crippen molar-refractivity contribution in [3.63, 3.8) is 0 Å². The van der Waals surface area contributed by atoms with Crippen LogP contribution < -0.4 is 16.0 Å². The molecule has 2 aromatic heterocycles. The predicted octanol–water partition coefficient (Wildman–Crippen LogP) is 4.27. The van der Waals surface area contributed by atoms with Crippen molar-refractivity contribution in [1.29, 1.82) is 0 Å². The Morgan fingerprint density at radius 3 is 2.68 bits per heavy atom. The van der Waals surface area contributed by atoms with Crippen LogP contribution in [0, 0.1) is 0 Å². The summed E-state index contributed by atoms with van der Waals surface area (Å²) in [6, 6.07) is 14.5. The molecule has 0 saturated carbocycles. The van der Waals surface area contributed by atoms with Crippen LogP contribution in [0.3, 0.4) is 0 Å². The Kier molecular flexibility index (Phi) is 5.67. The summed E-state index contributed by atoms with van der Waals surface area (Å²) in [4.78, 5) is 39.5. The number of carbonyl (C=O) groups is 1. The number of nitrogens with zero attached hydrogens (tertiary/aromatic N) is 1. The first-order valence-corrected chi connectivity index (χ1v) is 10.6. The predicted molar refractivity (Wildman–Crippen MR) is 120 cm³/mol. The van der Waals surface area contributed by atoms with Gasteiger partial charge in [-0.05, 0) is 17.7 Å². The summed E-state index contributed by atoms with van der Waals surface area (Å²) in [5.41, 5.74) is -0.0670. The summed E-state index contributed by atoms with van der Waals surface area (Å²) in [5, 5.41) is 10.9. The molecule has 4 rings (SSSR count). The van der Waals surface area contributed by atoms with Crippen molar-refractivity contribution in [1.82, 2.24) is 9.55 Å². The Bertz CT molecular complexity index is 1390. The van der Waals surface area contributed by atoms with Gasteiger partial charge in [-0.1, -0.05) is 48.9 Å². The highest BCUT2D eigenvalue weighted by Gasteiger charge is 2.20. The van der Waals surface area contributed by atoms with Gasteiger partial charge in [0.1, 0.15) is 10.6 Å². The lowest BCUT2D eigenvalue weighted by Crippen LogP contribution is -2.34. The summed E-state index contributed by atoms with van der Waals surface area (Å²) in [6.07, 6.45) is 0. The number of hydrogen-bond donors (Lipinski definition) is 2. The molecule has 0 spiro atoms. The summed E-state index contributed by atoms with van der Waals surface area (Å²) < 4.78 is 6.71. The quantitative estimate of drug-likeness (QED) is 0.451. The van der Waals surface area contributed by atoms with E-state index >= 15 is 0 Å². The summed E-state index contributed by atoms with van der Waals surface area (Å²) in [6.45, 7) is 2.41. The third kappa shape index (κ3) is 3.99. The Hall–Kier alpha value is -3.36. The summed E-state index contributed by atoms with van der Waals surface area (Å²) >= 11 is 7.15. The summed E-state index contributed by atoms with van der Waals surface area (Å²) in [7, 11) is 0. The molecule has 158 valence electrons. The van der Waals surface area contributed by atoms with Crippen molar-refractivity contribution in [2.45, 2.75) is 12.8 Å². The van der Waals surface area contributed by atoms with Crippen molar-refractivity contribution >= 4 is 39.8 Å². The maximum atomic E-state index is 13.0. The maximum absolute atomic E-state index is 13.0. The normalized spacial score (nSPS) is 12.1. The standard InChI is InChI=1S/C22H17ClN2O5S/c1-12(13-5-3-2-4-6-13)10-30-14-7-8-15(23)17(9-14)25-20(26)18-16(24-22(25)29)11-31-19(18)21(27)28/h2-9,11-12H,10H2,1H3,(H,24,29)(H,27,28). The molecule has 0 amide bonds. The largest absolute Gasteiger partial charge is 0.493 e. The number of aromatic amines is 1. The van der Waals surface area contributed by atoms with E-state index in [0.717, 1.165) is 21.5 Å². The number of nitrogens with one attached hydrogen (secondary N) is 1. The first-order chi connectivity index (χ1) is 14.9. The minimum atomic E-state index is -1.24. The SMILES string of the molecule is CC(COc1ccc(Cl)c(-n2c(=O)[nH]c3csc(C(=O)O)c3c2=O)c1)c1ccccc1. The molecule has 0 aliphatic heterocycles. The van der Waals surface area contributed by atoms with Gasteiger partial charge < -0.3 is 14.8 Å². The van der Waals surface area contributed by atoms with Gasteiger partial charge in [0, 0.05) is 17.4 Å². The number of rotatable bonds is 6. The van der Waals surface area contributed by atoms with Crippen LogP contribution in [0.5, 0.6) is 5.75 Å². The van der Waals surface area contributed by atoms with E-state index in [1.54, 1.807) is 6.07 Å². The Balaban J connectivity index is 1.73. The second-order valence-electron chi connectivity index (χ2n) is 6.97. The number of ether oxygens (including phenoxy) is 1. The molecule has 2 heterocycles. The van der Waals surface area contributed by atoms with Gasteiger partial charge in [0.15, 0.2) is 0 Å². The van der Waals surface area contributed by atoms with Gasteiger partial charge in [0.05, 0.1) is 28.2 Å². The highest BCUT2D eigenvalue weighted by atomic mass is 35.5. The molecule has 1 atom stereocenters. The number of carboxylic acids is 1. The van der Waals surface area contributed by atoms with Gasteiger partial charge in [-0.2, -0.15) is 0 Å². The van der Waals surface area contributed by atoms with Gasteiger partial charge >= 0.3 is 11.7 Å². The topological polar surface area (TPSA) is 101 Å². The maximum Gasteiger partial charge on any atom is 0.346 e. The highest BCUT2D eigenvalue weighted by molar-refractivity contribution is 7.13. The number of benzene rings is 2. The first kappa shape index (κ1) is 20.9. The Morgan fingerprint density at radius 1 is 1.23 bits per heavy atom. The number of aromatic carboxylic acids is 1. The van der Waals surface area contributed by atoms with E-state index in [-0.39, 0.29) is 32.4 Å². The first-order valence-electron chi connectivity index (χ1n) is 9.34. The van der Waals surface area contributed by atoms with Crippen LogP contribution in [0.4, 0.5) is 0 Å². The molecule has 0 saturated heterocycles. The fraction of sp³-hybridized carbons (Fsp3) is 0.136. The molecule has 31 heavy (non-hydrogen) atoms. The van der Waals surface area contributed by atoms with Crippen molar-refractivity contribution in [2.24, 2.45) is 0 Å². The van der Waals surface area contributed by atoms with Crippen molar-refractivity contribution in [3.8, 4) is 11.4 Å². The second kappa shape index (κ2) is 8.41. The van der Waals surface area contributed by atoms with E-state index in [9.17, 15) is 19.5 Å². The van der Waals surface area contributed by atoms with Crippen LogP contribution in [0.25, 0.3) is 16.6 Å². The Labute approximate surface area is 185 Å². The van der Waals surface area contributed by atoms with Gasteiger partial charge in [-0.3, -0.25) is 4.79 Å². The van der Waals surface area contributed by atoms with Crippen LogP contribution in [0.15, 0.2) is 63.5 Å². The molecule has 0 bridgehead atoms. The van der Waals surface area contributed by atoms with Gasteiger partial charge in [-0.15, -0.1) is 11.3 Å². The van der Waals surface area contributed by atoms with Crippen molar-refractivity contribution < 1.29 is 14.6 Å². The van der Waals surface area contributed by atoms with Crippen molar-refractivity contribution in [2.75, 3.05) is 6.61 Å². The number of thiophene rings is 1. The molecule has 2 aromatic carbocycles. The fourth-order valence-corrected chi connectivity index (χ4v) is 4.30. The van der Waals surface area contributed by atoms with Crippen LogP contribution in [-0.2, 0) is 0 Å². The number of H-pyrrole nitrogens is 1. The molecule has 0 fully saturated rings. The molecule has 9 heteroatoms. The minimum Gasteiger partial charge on any atom is -0.493 e. The minimum absolute atomic E-state index is 0.0720. The van der Waals surface area contributed by atoms with Crippen LogP contribution in [0.1, 0.15) is 28.1 Å². The molecular formula is C22H17ClN2O5S. The lowest BCUT2D eigenvalue weighted by Gasteiger charge is -2.15. The molecular weight excluding hydrogens is 440 g/mol. The van der Waals surface area contributed by atoms with E-state index in [1.165, 1.54) is 17.5 Å². The smallest absolute Gasteiger partial charge is 0.346 e. The number of halogens is 1. The van der Waals surface area contributed by atoms with E-state index in [1.807, 2.05) is 37.3 Å². The number of hydrogen-bond acceptors (Lipinski definition) is 5. The summed E-state index contributed by atoms with van der Waals surface area (Å²) in [5.74, 6) is -0.696. The van der Waals surface area contributed by atoms with Crippen LogP contribution in [-0.4, -0.2) is 27.2 Å².